The van der Waals surface area contributed by atoms with E-state index in [9.17, 15) is 0 Å². The molecule has 1 atom stereocenters. The van der Waals surface area contributed by atoms with E-state index >= 15 is 0 Å². The second-order valence-corrected chi connectivity index (χ2v) is 4.89. The third-order valence-electron chi connectivity index (χ3n) is 3.72. The smallest absolute Gasteiger partial charge is 0.0958 e. The number of hydrogen-bond acceptors (Lipinski definition) is 2. The third-order valence-corrected chi connectivity index (χ3v) is 3.72. The molecule has 4 nitrogen and oxygen atoms in total. The van der Waals surface area contributed by atoms with Crippen molar-refractivity contribution in [1.82, 2.24) is 9.80 Å². The Bertz CT molecular complexity index is 285. The van der Waals surface area contributed by atoms with Crippen molar-refractivity contribution in [2.45, 2.75) is 33.1 Å². The van der Waals surface area contributed by atoms with Crippen LogP contribution in [0.1, 0.15) is 33.1 Å². The molecule has 0 bridgehead atoms. The van der Waals surface area contributed by atoms with Gasteiger partial charge in [-0.05, 0) is 32.6 Å². The molecule has 0 aromatic rings. The first-order valence-electron chi connectivity index (χ1n) is 6.55. The van der Waals surface area contributed by atoms with Gasteiger partial charge in [-0.1, -0.05) is 0 Å². The number of likely N-dealkylation sites (tertiary alicyclic amines) is 1. The monoisotopic (exact) mass is 238 g/mol. The Morgan fingerprint density at radius 1 is 1.53 bits per heavy atom. The van der Waals surface area contributed by atoms with E-state index in [0.717, 1.165) is 37.7 Å². The van der Waals surface area contributed by atoms with E-state index in [0.29, 0.717) is 5.92 Å². The molecule has 0 aromatic heterocycles. The lowest BCUT2D eigenvalue weighted by atomic mass is 9.94. The maximum absolute atomic E-state index is 8.03. The van der Waals surface area contributed by atoms with Crippen molar-refractivity contribution < 1.29 is 0 Å². The number of aliphatic imine (C=N–C) groups is 1. The molecule has 17 heavy (non-hydrogen) atoms. The van der Waals surface area contributed by atoms with E-state index in [4.69, 9.17) is 5.41 Å². The van der Waals surface area contributed by atoms with Crippen LogP contribution in [0.15, 0.2) is 4.99 Å². The molecule has 1 heterocycles. The van der Waals surface area contributed by atoms with Gasteiger partial charge in [0.15, 0.2) is 0 Å². The fourth-order valence-electron chi connectivity index (χ4n) is 2.29. The number of hydrogen-bond donors (Lipinski definition) is 1. The molecule has 1 fully saturated rings. The molecular weight excluding hydrogens is 212 g/mol. The standard InChI is InChI=1S/C13H26N4/c1-5-16(4)13(14)9-12-7-6-8-17(10-12)11(2)15-3/h12,14H,5-10H2,1-4H3/b14-13?,15-11-. The van der Waals surface area contributed by atoms with Gasteiger partial charge in [0.25, 0.3) is 0 Å². The van der Waals surface area contributed by atoms with E-state index in [-0.39, 0.29) is 0 Å². The Kier molecular flexibility index (Phi) is 5.45. The molecule has 1 saturated heterocycles. The van der Waals surface area contributed by atoms with E-state index in [1.165, 1.54) is 12.8 Å². The normalized spacial score (nSPS) is 21.5. The van der Waals surface area contributed by atoms with Crippen LogP contribution in [-0.4, -0.2) is 55.2 Å². The zero-order chi connectivity index (χ0) is 12.8. The number of nitrogens with zero attached hydrogens (tertiary/aromatic N) is 3. The van der Waals surface area contributed by atoms with Gasteiger partial charge in [0.1, 0.15) is 0 Å². The van der Waals surface area contributed by atoms with Gasteiger partial charge in [-0.2, -0.15) is 0 Å². The molecule has 1 aliphatic rings. The third kappa shape index (κ3) is 4.02. The Labute approximate surface area is 105 Å². The Balaban J connectivity index is 2.47. The van der Waals surface area contributed by atoms with Crippen molar-refractivity contribution in [2.75, 3.05) is 33.7 Å². The van der Waals surface area contributed by atoms with Crippen molar-refractivity contribution in [1.29, 1.82) is 5.41 Å². The zero-order valence-electron chi connectivity index (χ0n) is 11.7. The molecule has 4 heteroatoms. The van der Waals surface area contributed by atoms with Crippen molar-refractivity contribution in [3.8, 4) is 0 Å². The summed E-state index contributed by atoms with van der Waals surface area (Å²) in [6, 6.07) is 0. The number of amidine groups is 2. The van der Waals surface area contributed by atoms with Gasteiger partial charge in [-0.3, -0.25) is 10.4 Å². The molecule has 1 N–H and O–H groups in total. The highest BCUT2D eigenvalue weighted by molar-refractivity contribution is 5.80. The highest BCUT2D eigenvalue weighted by atomic mass is 15.2. The summed E-state index contributed by atoms with van der Waals surface area (Å²) in [5, 5.41) is 8.03. The van der Waals surface area contributed by atoms with E-state index in [1.807, 2.05) is 19.0 Å². The van der Waals surface area contributed by atoms with E-state index in [2.05, 4.69) is 23.7 Å². The average molecular weight is 238 g/mol. The molecule has 0 radical (unpaired) electrons. The molecule has 98 valence electrons. The van der Waals surface area contributed by atoms with Gasteiger partial charge in [-0.15, -0.1) is 0 Å². The molecule has 0 aliphatic carbocycles. The van der Waals surface area contributed by atoms with Crippen molar-refractivity contribution >= 4 is 11.7 Å². The lowest BCUT2D eigenvalue weighted by Crippen LogP contribution is -2.40. The van der Waals surface area contributed by atoms with Gasteiger partial charge in [-0.25, -0.2) is 0 Å². The number of piperidine rings is 1. The lowest BCUT2D eigenvalue weighted by molar-refractivity contribution is 0.258. The fourth-order valence-corrected chi connectivity index (χ4v) is 2.29. The van der Waals surface area contributed by atoms with Crippen LogP contribution in [-0.2, 0) is 0 Å². The minimum absolute atomic E-state index is 0.613. The summed E-state index contributed by atoms with van der Waals surface area (Å²) in [4.78, 5) is 8.64. The zero-order valence-corrected chi connectivity index (χ0v) is 11.7. The van der Waals surface area contributed by atoms with Crippen LogP contribution >= 0.6 is 0 Å². The molecule has 0 spiro atoms. The van der Waals surface area contributed by atoms with Crippen LogP contribution in [0, 0.1) is 11.3 Å². The highest BCUT2D eigenvalue weighted by Gasteiger charge is 2.22. The quantitative estimate of drug-likeness (QED) is 0.604. The van der Waals surface area contributed by atoms with Crippen LogP contribution in [0.5, 0.6) is 0 Å². The van der Waals surface area contributed by atoms with Crippen molar-refractivity contribution in [2.24, 2.45) is 10.9 Å². The van der Waals surface area contributed by atoms with Gasteiger partial charge in [0, 0.05) is 40.2 Å². The van der Waals surface area contributed by atoms with E-state index < -0.39 is 0 Å². The lowest BCUT2D eigenvalue weighted by Gasteiger charge is -2.34. The second kappa shape index (κ2) is 6.62. The Hall–Kier alpha value is -1.06. The van der Waals surface area contributed by atoms with Crippen molar-refractivity contribution in [3.05, 3.63) is 0 Å². The summed E-state index contributed by atoms with van der Waals surface area (Å²) >= 11 is 0. The van der Waals surface area contributed by atoms with Gasteiger partial charge in [0.05, 0.1) is 11.7 Å². The minimum atomic E-state index is 0.613. The summed E-state index contributed by atoms with van der Waals surface area (Å²) in [6.45, 7) is 7.27. The molecule has 0 aromatic carbocycles. The summed E-state index contributed by atoms with van der Waals surface area (Å²) in [5.74, 6) is 2.51. The Morgan fingerprint density at radius 3 is 2.82 bits per heavy atom. The van der Waals surface area contributed by atoms with Crippen LogP contribution in [0.25, 0.3) is 0 Å². The maximum Gasteiger partial charge on any atom is 0.0958 e. The average Bonchev–Trinajstić information content (AvgIpc) is 2.37. The topological polar surface area (TPSA) is 42.7 Å². The predicted octanol–water partition coefficient (Wildman–Crippen LogP) is 2.07. The SMILES string of the molecule is CCN(C)C(=N)CC1CCCN(/C(C)=N\C)C1. The Morgan fingerprint density at radius 2 is 2.24 bits per heavy atom. The van der Waals surface area contributed by atoms with Crippen LogP contribution in [0.3, 0.4) is 0 Å². The fraction of sp³-hybridized carbons (Fsp3) is 0.846. The summed E-state index contributed by atoms with van der Waals surface area (Å²) in [7, 11) is 3.85. The van der Waals surface area contributed by atoms with Crippen LogP contribution in [0.2, 0.25) is 0 Å². The summed E-state index contributed by atoms with van der Waals surface area (Å²) in [5.41, 5.74) is 0. The summed E-state index contributed by atoms with van der Waals surface area (Å²) in [6.07, 6.45) is 3.37. The molecule has 0 saturated carbocycles. The first-order valence-corrected chi connectivity index (χ1v) is 6.55. The first kappa shape index (κ1) is 14.0. The largest absolute Gasteiger partial charge is 0.364 e. The van der Waals surface area contributed by atoms with Gasteiger partial charge >= 0.3 is 0 Å². The maximum atomic E-state index is 8.03. The molecule has 0 amide bonds. The second-order valence-electron chi connectivity index (χ2n) is 4.89. The summed E-state index contributed by atoms with van der Waals surface area (Å²) < 4.78 is 0. The van der Waals surface area contributed by atoms with E-state index in [1.54, 1.807) is 0 Å². The number of rotatable bonds is 3. The minimum Gasteiger partial charge on any atom is -0.364 e. The highest BCUT2D eigenvalue weighted by Crippen LogP contribution is 2.20. The molecular formula is C13H26N4. The van der Waals surface area contributed by atoms with Gasteiger partial charge < -0.3 is 9.80 Å². The predicted molar refractivity (Wildman–Crippen MR) is 74.0 cm³/mol. The van der Waals surface area contributed by atoms with Gasteiger partial charge in [0.2, 0.25) is 0 Å². The van der Waals surface area contributed by atoms with Crippen LogP contribution in [0.4, 0.5) is 0 Å². The molecule has 1 unspecified atom stereocenters. The molecule has 1 aliphatic heterocycles. The van der Waals surface area contributed by atoms with Crippen molar-refractivity contribution in [3.63, 3.8) is 0 Å². The number of nitrogens with one attached hydrogen (secondary N) is 1. The first-order chi connectivity index (χ1) is 8.08. The van der Waals surface area contributed by atoms with Crippen LogP contribution < -0.4 is 0 Å². The molecule has 1 rings (SSSR count).